The first kappa shape index (κ1) is 22.5. The van der Waals surface area contributed by atoms with Gasteiger partial charge in [0.25, 0.3) is 5.91 Å². The zero-order valence-electron chi connectivity index (χ0n) is 18.8. The number of ether oxygens (including phenoxy) is 1. The Bertz CT molecular complexity index is 1400. The molecule has 0 spiro atoms. The van der Waals surface area contributed by atoms with Crippen molar-refractivity contribution in [2.24, 2.45) is 0 Å². The third-order valence-corrected chi connectivity index (χ3v) is 5.32. The Hall–Kier alpha value is -4.68. The molecule has 1 amide bonds. The highest BCUT2D eigenvalue weighted by Gasteiger charge is 2.10. The Morgan fingerprint density at radius 3 is 2.56 bits per heavy atom. The highest BCUT2D eigenvalue weighted by atomic mass is 16.5. The molecule has 2 heterocycles. The number of pyridine rings is 1. The Kier molecular flexibility index (Phi) is 6.52. The van der Waals surface area contributed by atoms with Gasteiger partial charge in [-0.25, -0.2) is 14.8 Å². The Balaban J connectivity index is 1.42. The lowest BCUT2D eigenvalue weighted by Gasteiger charge is -2.07. The summed E-state index contributed by atoms with van der Waals surface area (Å²) in [5.74, 6) is 2.70. The fraction of sp³-hybridized carbons (Fsp3) is 0.115. The molecule has 8 heteroatoms. The topological polar surface area (TPSA) is 109 Å². The minimum absolute atomic E-state index is 0.218. The maximum atomic E-state index is 12.7. The largest absolute Gasteiger partial charge is 0.481 e. The number of carbonyl (C=O) groups excluding carboxylic acids is 2. The second-order valence-corrected chi connectivity index (χ2v) is 7.62. The van der Waals surface area contributed by atoms with Gasteiger partial charge in [0.2, 0.25) is 11.8 Å². The van der Waals surface area contributed by atoms with E-state index in [9.17, 15) is 9.59 Å². The number of fused-ring (bicyclic) bond motifs is 1. The van der Waals surface area contributed by atoms with Crippen molar-refractivity contribution >= 4 is 34.5 Å². The number of carbonyl (C=O) groups is 1. The zero-order valence-corrected chi connectivity index (χ0v) is 18.8. The molecule has 0 unspecified atom stereocenters. The van der Waals surface area contributed by atoms with Crippen molar-refractivity contribution < 1.29 is 14.3 Å². The second kappa shape index (κ2) is 9.85. The van der Waals surface area contributed by atoms with Crippen molar-refractivity contribution in [3.63, 3.8) is 0 Å². The summed E-state index contributed by atoms with van der Waals surface area (Å²) in [6, 6.07) is 16.4. The number of imidazole rings is 1. The van der Waals surface area contributed by atoms with Crippen molar-refractivity contribution in [3.05, 3.63) is 84.1 Å². The van der Waals surface area contributed by atoms with Crippen LogP contribution >= 0.6 is 0 Å². The molecule has 4 aromatic rings. The highest BCUT2D eigenvalue weighted by molar-refractivity contribution is 6.05. The molecular weight excluding hydrogens is 430 g/mol. The number of H-pyrrole nitrogens is 1. The number of nitrogens with one attached hydrogen (secondary N) is 3. The van der Waals surface area contributed by atoms with E-state index in [-0.39, 0.29) is 5.91 Å². The maximum absolute atomic E-state index is 12.7. The van der Waals surface area contributed by atoms with Crippen LogP contribution in [0.4, 0.5) is 11.6 Å². The molecule has 0 aliphatic carbocycles. The molecule has 0 bridgehead atoms. The molecule has 0 aliphatic heterocycles. The minimum Gasteiger partial charge on any atom is -0.481 e. The lowest BCUT2D eigenvalue weighted by Crippen LogP contribution is -2.11. The first-order chi connectivity index (χ1) is 16.5. The summed E-state index contributed by atoms with van der Waals surface area (Å²) in [5, 5.41) is 6.01. The number of benzene rings is 2. The summed E-state index contributed by atoms with van der Waals surface area (Å²) in [7, 11) is 1.57. The molecular formula is C26H23N5O3. The first-order valence-electron chi connectivity index (χ1n) is 10.5. The number of aromatic nitrogens is 3. The molecule has 34 heavy (non-hydrogen) atoms. The van der Waals surface area contributed by atoms with Crippen LogP contribution in [-0.2, 0) is 4.79 Å². The number of hydrogen-bond donors (Lipinski definition) is 3. The number of anilines is 2. The van der Waals surface area contributed by atoms with E-state index in [1.54, 1.807) is 44.5 Å². The predicted octanol–water partition coefficient (Wildman–Crippen LogP) is 4.63. The molecule has 3 N–H and O–H groups in total. The van der Waals surface area contributed by atoms with E-state index < -0.39 is 0 Å². The quantitative estimate of drug-likeness (QED) is 0.265. The summed E-state index contributed by atoms with van der Waals surface area (Å²) in [6.45, 7) is 5.87. The maximum Gasteiger partial charge on any atom is 0.255 e. The summed E-state index contributed by atoms with van der Waals surface area (Å²) < 4.78 is 5.08. The van der Waals surface area contributed by atoms with Gasteiger partial charge in [0.05, 0.1) is 18.1 Å². The number of nitrogens with zero attached hydrogens (tertiary/aromatic N) is 2. The van der Waals surface area contributed by atoms with Crippen molar-refractivity contribution in [1.82, 2.24) is 15.0 Å². The summed E-state index contributed by atoms with van der Waals surface area (Å²) in [6.07, 6.45) is 1.73. The van der Waals surface area contributed by atoms with Crippen LogP contribution in [0.25, 0.3) is 22.2 Å². The van der Waals surface area contributed by atoms with Gasteiger partial charge >= 0.3 is 0 Å². The number of methoxy groups -OCH3 is 1. The molecule has 0 atom stereocenters. The number of aromatic amines is 1. The average molecular weight is 454 g/mol. The fourth-order valence-electron chi connectivity index (χ4n) is 3.26. The van der Waals surface area contributed by atoms with E-state index in [2.05, 4.69) is 32.2 Å². The summed E-state index contributed by atoms with van der Waals surface area (Å²) in [5.41, 5.74) is 5.66. The van der Waals surface area contributed by atoms with Crippen LogP contribution in [0.5, 0.6) is 5.88 Å². The third-order valence-electron chi connectivity index (χ3n) is 5.32. The van der Waals surface area contributed by atoms with Crippen LogP contribution in [0.3, 0.4) is 0 Å². The first-order valence-corrected chi connectivity index (χ1v) is 10.5. The Morgan fingerprint density at radius 2 is 1.88 bits per heavy atom. The van der Waals surface area contributed by atoms with Gasteiger partial charge in [0, 0.05) is 41.2 Å². The number of hydrogen-bond acceptors (Lipinski definition) is 6. The van der Waals surface area contributed by atoms with Crippen LogP contribution in [0.1, 0.15) is 17.3 Å². The van der Waals surface area contributed by atoms with E-state index in [1.165, 1.54) is 0 Å². The van der Waals surface area contributed by atoms with Crippen molar-refractivity contribution in [2.75, 3.05) is 24.3 Å². The van der Waals surface area contributed by atoms with Gasteiger partial charge in [-0.2, -0.15) is 0 Å². The van der Waals surface area contributed by atoms with Crippen molar-refractivity contribution in [2.45, 2.75) is 6.92 Å². The smallest absolute Gasteiger partial charge is 0.255 e. The highest BCUT2D eigenvalue weighted by Crippen LogP contribution is 2.23. The van der Waals surface area contributed by atoms with Gasteiger partial charge < -0.3 is 20.4 Å². The minimum atomic E-state index is -0.218. The van der Waals surface area contributed by atoms with Gasteiger partial charge in [-0.1, -0.05) is 18.7 Å². The second-order valence-electron chi connectivity index (χ2n) is 7.62. The van der Waals surface area contributed by atoms with Crippen LogP contribution in [-0.4, -0.2) is 40.5 Å². The molecule has 8 nitrogen and oxygen atoms in total. The van der Waals surface area contributed by atoms with E-state index in [4.69, 9.17) is 4.74 Å². The standard InChI is InChI=1S/C26H23N5O3/c1-16(17(2)15-32)13-28-26-30-22-10-9-21(12-23(22)31-26)29-25(33)19-6-4-18(5-7-19)20-8-11-24(34-3)27-14-20/h4-12,14H,1,13H2,2-3H3,(H,29,33)(H2,28,30,31). The molecule has 2 aromatic carbocycles. The van der Waals surface area contributed by atoms with Gasteiger partial charge in [-0.15, -0.1) is 0 Å². The van der Waals surface area contributed by atoms with Crippen LogP contribution in [0, 0.1) is 0 Å². The summed E-state index contributed by atoms with van der Waals surface area (Å²) >= 11 is 0. The monoisotopic (exact) mass is 453 g/mol. The van der Waals surface area contributed by atoms with Gasteiger partial charge in [0.1, 0.15) is 5.94 Å². The predicted molar refractivity (Wildman–Crippen MR) is 133 cm³/mol. The van der Waals surface area contributed by atoms with Crippen molar-refractivity contribution in [3.8, 4) is 17.0 Å². The normalized spacial score (nSPS) is 10.4. The Labute approximate surface area is 196 Å². The fourth-order valence-corrected chi connectivity index (χ4v) is 3.26. The molecule has 2 aromatic heterocycles. The van der Waals surface area contributed by atoms with E-state index in [0.29, 0.717) is 40.8 Å². The Morgan fingerprint density at radius 1 is 1.12 bits per heavy atom. The van der Waals surface area contributed by atoms with Crippen LogP contribution < -0.4 is 15.4 Å². The van der Waals surface area contributed by atoms with Gasteiger partial charge in [-0.05, 0) is 54.5 Å². The molecule has 0 aliphatic rings. The SMILES string of the molecule is C=C(CNc1nc2ccc(NC(=O)c3ccc(-c4ccc(OC)nc4)cc3)cc2[nH]1)C(C)=C=O. The molecule has 4 rings (SSSR count). The van der Waals surface area contributed by atoms with Crippen molar-refractivity contribution in [1.29, 1.82) is 0 Å². The molecule has 0 saturated carbocycles. The molecule has 0 radical (unpaired) electrons. The lowest BCUT2D eigenvalue weighted by molar-refractivity contribution is 0.102. The average Bonchev–Trinajstić information content (AvgIpc) is 3.29. The van der Waals surface area contributed by atoms with E-state index in [0.717, 1.165) is 22.2 Å². The molecule has 0 saturated heterocycles. The van der Waals surface area contributed by atoms with Gasteiger partial charge in [0.15, 0.2) is 0 Å². The van der Waals surface area contributed by atoms with E-state index in [1.807, 2.05) is 36.3 Å². The summed E-state index contributed by atoms with van der Waals surface area (Å²) in [4.78, 5) is 35.3. The van der Waals surface area contributed by atoms with Crippen LogP contribution in [0.2, 0.25) is 0 Å². The zero-order chi connectivity index (χ0) is 24.1. The van der Waals surface area contributed by atoms with Crippen LogP contribution in [0.15, 0.2) is 78.5 Å². The number of amides is 1. The lowest BCUT2D eigenvalue weighted by atomic mass is 10.1. The third kappa shape index (κ3) is 5.03. The van der Waals surface area contributed by atoms with Gasteiger partial charge in [-0.3, -0.25) is 4.79 Å². The number of rotatable bonds is 8. The molecule has 170 valence electrons. The molecule has 0 fully saturated rings. The van der Waals surface area contributed by atoms with E-state index >= 15 is 0 Å².